The van der Waals surface area contributed by atoms with Crippen LogP contribution >= 0.6 is 0 Å². The number of allylic oxidation sites excluding steroid dienone is 1. The molecule has 0 aromatic rings. The smallest absolute Gasteiger partial charge is 0.114 e. The Balaban J connectivity index is 2.50. The first-order chi connectivity index (χ1) is 7.29. The molecule has 1 aliphatic carbocycles. The van der Waals surface area contributed by atoms with Crippen LogP contribution in [0.5, 0.6) is 0 Å². The molecule has 0 aromatic carbocycles. The van der Waals surface area contributed by atoms with E-state index in [4.69, 9.17) is 9.78 Å². The van der Waals surface area contributed by atoms with E-state index in [1.165, 1.54) is 5.57 Å². The van der Waals surface area contributed by atoms with Crippen LogP contribution in [0.3, 0.4) is 0 Å². The van der Waals surface area contributed by atoms with Crippen molar-refractivity contribution in [3.8, 4) is 0 Å². The number of hydrogen-bond acceptors (Lipinski definition) is 2. The Morgan fingerprint density at radius 1 is 1.38 bits per heavy atom. The first-order valence-corrected chi connectivity index (χ1v) is 5.97. The van der Waals surface area contributed by atoms with E-state index in [1.807, 2.05) is 20.8 Å². The zero-order valence-corrected chi connectivity index (χ0v) is 11.0. The van der Waals surface area contributed by atoms with E-state index < -0.39 is 0 Å². The minimum atomic E-state index is -0.267. The largest absolute Gasteiger partial charge is 0.230 e. The normalized spacial score (nSPS) is 26.9. The fraction of sp³-hybridized carbons (Fsp3) is 0.714. The van der Waals surface area contributed by atoms with Gasteiger partial charge in [-0.15, -0.1) is 0 Å². The van der Waals surface area contributed by atoms with E-state index in [9.17, 15) is 0 Å². The van der Waals surface area contributed by atoms with E-state index in [-0.39, 0.29) is 11.7 Å². The lowest BCUT2D eigenvalue weighted by Gasteiger charge is -2.32. The molecule has 0 aromatic heterocycles. The van der Waals surface area contributed by atoms with E-state index >= 15 is 0 Å². The summed E-state index contributed by atoms with van der Waals surface area (Å²) in [5.41, 5.74) is 2.11. The second-order valence-corrected chi connectivity index (χ2v) is 5.76. The highest BCUT2D eigenvalue weighted by atomic mass is 17.2. The van der Waals surface area contributed by atoms with Crippen LogP contribution in [0, 0.1) is 5.92 Å². The van der Waals surface area contributed by atoms with Crippen molar-refractivity contribution in [3.63, 3.8) is 0 Å². The van der Waals surface area contributed by atoms with Crippen molar-refractivity contribution >= 4 is 0 Å². The molecule has 0 aliphatic heterocycles. The van der Waals surface area contributed by atoms with Gasteiger partial charge in [-0.05, 0) is 58.4 Å². The quantitative estimate of drug-likeness (QED) is 0.409. The summed E-state index contributed by atoms with van der Waals surface area (Å²) in [6.07, 6.45) is 3.12. The lowest BCUT2D eigenvalue weighted by atomic mass is 9.81. The molecule has 1 fully saturated rings. The highest BCUT2D eigenvalue weighted by Gasteiger charge is 2.28. The third-order valence-electron chi connectivity index (χ3n) is 2.88. The number of hydrogen-bond donors (Lipinski definition) is 0. The van der Waals surface area contributed by atoms with Crippen LogP contribution in [-0.4, -0.2) is 11.7 Å². The van der Waals surface area contributed by atoms with E-state index in [2.05, 4.69) is 20.1 Å². The molecule has 2 heteroatoms. The third kappa shape index (κ3) is 4.11. The first-order valence-electron chi connectivity index (χ1n) is 5.97. The van der Waals surface area contributed by atoms with E-state index in [0.29, 0.717) is 5.92 Å². The van der Waals surface area contributed by atoms with Crippen LogP contribution in [-0.2, 0) is 9.78 Å². The SMILES string of the molecule is C=C(C)[C@@H]1CCC(=C)[C@H](OOC(C)(C)C)C1. The molecule has 0 N–H and O–H groups in total. The Morgan fingerprint density at radius 3 is 2.50 bits per heavy atom. The molecule has 2 nitrogen and oxygen atoms in total. The standard InChI is InChI=1S/C14H24O2/c1-10(2)12-8-7-11(3)13(9-12)15-16-14(4,5)6/h12-13H,1,3,7-9H2,2,4-6H3/t12-,13-/m1/s1. The predicted octanol–water partition coefficient (Wildman–Crippen LogP) is 4.03. The lowest BCUT2D eigenvalue weighted by molar-refractivity contribution is -0.369. The molecular formula is C14H24O2. The average molecular weight is 224 g/mol. The van der Waals surface area contributed by atoms with Crippen LogP contribution in [0.25, 0.3) is 0 Å². The summed E-state index contributed by atoms with van der Waals surface area (Å²) >= 11 is 0. The van der Waals surface area contributed by atoms with E-state index in [0.717, 1.165) is 24.8 Å². The fourth-order valence-electron chi connectivity index (χ4n) is 1.82. The molecule has 92 valence electrons. The average Bonchev–Trinajstić information content (AvgIpc) is 2.14. The second-order valence-electron chi connectivity index (χ2n) is 5.76. The van der Waals surface area contributed by atoms with Crippen molar-refractivity contribution in [1.29, 1.82) is 0 Å². The molecule has 0 saturated heterocycles. The Hall–Kier alpha value is -0.600. The molecule has 1 saturated carbocycles. The van der Waals surface area contributed by atoms with Gasteiger partial charge in [0, 0.05) is 0 Å². The lowest BCUT2D eigenvalue weighted by Crippen LogP contribution is -2.29. The van der Waals surface area contributed by atoms with Gasteiger partial charge >= 0.3 is 0 Å². The zero-order valence-electron chi connectivity index (χ0n) is 11.0. The van der Waals surface area contributed by atoms with Gasteiger partial charge in [-0.2, -0.15) is 0 Å². The molecule has 0 radical (unpaired) electrons. The predicted molar refractivity (Wildman–Crippen MR) is 67.0 cm³/mol. The minimum absolute atomic E-state index is 0.0228. The summed E-state index contributed by atoms with van der Waals surface area (Å²) in [6, 6.07) is 0. The molecule has 0 bridgehead atoms. The van der Waals surface area contributed by atoms with Gasteiger partial charge in [-0.25, -0.2) is 9.78 Å². The zero-order chi connectivity index (χ0) is 12.3. The monoisotopic (exact) mass is 224 g/mol. The highest BCUT2D eigenvalue weighted by Crippen LogP contribution is 2.33. The maximum absolute atomic E-state index is 5.50. The van der Waals surface area contributed by atoms with Crippen molar-refractivity contribution in [1.82, 2.24) is 0 Å². The number of rotatable bonds is 3. The van der Waals surface area contributed by atoms with Gasteiger partial charge in [0.05, 0.1) is 5.60 Å². The Labute approximate surface area is 99.3 Å². The van der Waals surface area contributed by atoms with Crippen molar-refractivity contribution in [3.05, 3.63) is 24.3 Å². The summed E-state index contributed by atoms with van der Waals surface area (Å²) in [6.45, 7) is 16.1. The summed E-state index contributed by atoms with van der Waals surface area (Å²) < 4.78 is 0. The van der Waals surface area contributed by atoms with Crippen LogP contribution in [0.2, 0.25) is 0 Å². The minimum Gasteiger partial charge on any atom is -0.230 e. The third-order valence-corrected chi connectivity index (χ3v) is 2.88. The molecule has 16 heavy (non-hydrogen) atoms. The molecule has 0 unspecified atom stereocenters. The maximum Gasteiger partial charge on any atom is 0.114 e. The molecule has 0 spiro atoms. The van der Waals surface area contributed by atoms with Crippen molar-refractivity contribution < 1.29 is 9.78 Å². The molecule has 1 rings (SSSR count). The summed E-state index contributed by atoms with van der Waals surface area (Å²) in [5, 5.41) is 0. The highest BCUT2D eigenvalue weighted by molar-refractivity contribution is 5.11. The Kier molecular flexibility index (Phi) is 4.34. The van der Waals surface area contributed by atoms with E-state index in [1.54, 1.807) is 0 Å². The molecule has 2 atom stereocenters. The molecular weight excluding hydrogens is 200 g/mol. The van der Waals surface area contributed by atoms with Gasteiger partial charge < -0.3 is 0 Å². The van der Waals surface area contributed by atoms with Crippen molar-refractivity contribution in [2.24, 2.45) is 5.92 Å². The van der Waals surface area contributed by atoms with Gasteiger partial charge in [0.2, 0.25) is 0 Å². The van der Waals surface area contributed by atoms with Gasteiger partial charge in [0.1, 0.15) is 6.10 Å². The van der Waals surface area contributed by atoms with Gasteiger partial charge in [-0.1, -0.05) is 18.7 Å². The van der Waals surface area contributed by atoms with Crippen molar-refractivity contribution in [2.45, 2.75) is 58.7 Å². The van der Waals surface area contributed by atoms with Gasteiger partial charge in [0.15, 0.2) is 0 Å². The summed E-state index contributed by atoms with van der Waals surface area (Å²) in [7, 11) is 0. The summed E-state index contributed by atoms with van der Waals surface area (Å²) in [5.74, 6) is 0.541. The molecule has 0 heterocycles. The fourth-order valence-corrected chi connectivity index (χ4v) is 1.82. The maximum atomic E-state index is 5.50. The van der Waals surface area contributed by atoms with Crippen LogP contribution in [0.1, 0.15) is 47.0 Å². The van der Waals surface area contributed by atoms with Crippen LogP contribution in [0.4, 0.5) is 0 Å². The topological polar surface area (TPSA) is 18.5 Å². The van der Waals surface area contributed by atoms with Crippen molar-refractivity contribution in [2.75, 3.05) is 0 Å². The first kappa shape index (κ1) is 13.5. The van der Waals surface area contributed by atoms with Gasteiger partial charge in [-0.3, -0.25) is 0 Å². The molecule has 1 aliphatic rings. The summed E-state index contributed by atoms with van der Waals surface area (Å²) in [4.78, 5) is 10.9. The Morgan fingerprint density at radius 2 is 2.00 bits per heavy atom. The van der Waals surface area contributed by atoms with Crippen LogP contribution in [0.15, 0.2) is 24.3 Å². The van der Waals surface area contributed by atoms with Crippen LogP contribution < -0.4 is 0 Å². The molecule has 0 amide bonds. The Bertz CT molecular complexity index is 273. The second kappa shape index (κ2) is 5.15. The van der Waals surface area contributed by atoms with Gasteiger partial charge in [0.25, 0.3) is 0 Å².